The summed E-state index contributed by atoms with van der Waals surface area (Å²) in [6, 6.07) is 12.8. The average Bonchev–Trinajstić information content (AvgIpc) is 2.69. The smallest absolute Gasteiger partial charge is 0.257 e. The van der Waals surface area contributed by atoms with Crippen molar-refractivity contribution in [1.29, 1.82) is 0 Å². The first-order valence-electron chi connectivity index (χ1n) is 9.68. The van der Waals surface area contributed by atoms with Gasteiger partial charge in [0.1, 0.15) is 5.75 Å². The van der Waals surface area contributed by atoms with Gasteiger partial charge in [-0.2, -0.15) is 0 Å². The summed E-state index contributed by atoms with van der Waals surface area (Å²) >= 11 is 0. The fourth-order valence-corrected chi connectivity index (χ4v) is 2.68. The summed E-state index contributed by atoms with van der Waals surface area (Å²) in [7, 11) is 0. The number of hydrogen-bond acceptors (Lipinski definition) is 5. The highest BCUT2D eigenvalue weighted by Gasteiger charge is 2.09. The highest BCUT2D eigenvalue weighted by molar-refractivity contribution is 5.90. The zero-order valence-corrected chi connectivity index (χ0v) is 17.1. The number of rotatable bonds is 11. The van der Waals surface area contributed by atoms with Crippen LogP contribution >= 0.6 is 0 Å². The van der Waals surface area contributed by atoms with Gasteiger partial charge in [-0.3, -0.25) is 9.59 Å². The Kier molecular flexibility index (Phi) is 8.82. The van der Waals surface area contributed by atoms with Crippen LogP contribution in [0.4, 0.5) is 5.69 Å². The van der Waals surface area contributed by atoms with E-state index in [0.717, 1.165) is 5.56 Å². The van der Waals surface area contributed by atoms with E-state index < -0.39 is 0 Å². The standard InChI is InChI=1S/C22H28N2O5/c1-4-27-20-11-10-17(14-21(20)28-5-2)12-13-23-22(26)15-29-19-9-7-6-8-18(19)24-16(3)25/h6-11,14H,4-5,12-13,15H2,1-3H3,(H,23,26)(H,24,25). The van der Waals surface area contributed by atoms with Crippen LogP contribution < -0.4 is 24.8 Å². The van der Waals surface area contributed by atoms with Crippen molar-refractivity contribution in [3.63, 3.8) is 0 Å². The zero-order valence-electron chi connectivity index (χ0n) is 17.1. The van der Waals surface area contributed by atoms with Gasteiger partial charge in [0, 0.05) is 13.5 Å². The van der Waals surface area contributed by atoms with Crippen LogP contribution in [0.2, 0.25) is 0 Å². The predicted molar refractivity (Wildman–Crippen MR) is 112 cm³/mol. The van der Waals surface area contributed by atoms with Gasteiger partial charge >= 0.3 is 0 Å². The fourth-order valence-electron chi connectivity index (χ4n) is 2.68. The molecule has 0 unspecified atom stereocenters. The van der Waals surface area contributed by atoms with Crippen molar-refractivity contribution in [2.75, 3.05) is 31.7 Å². The Bertz CT molecular complexity index is 823. The third kappa shape index (κ3) is 7.37. The summed E-state index contributed by atoms with van der Waals surface area (Å²) < 4.78 is 16.7. The molecule has 0 fully saturated rings. The van der Waals surface area contributed by atoms with E-state index in [2.05, 4.69) is 10.6 Å². The Labute approximate surface area is 171 Å². The van der Waals surface area contributed by atoms with Crippen molar-refractivity contribution in [3.8, 4) is 17.2 Å². The normalized spacial score (nSPS) is 10.2. The summed E-state index contributed by atoms with van der Waals surface area (Å²) in [5.74, 6) is 1.43. The SMILES string of the molecule is CCOc1ccc(CCNC(=O)COc2ccccc2NC(C)=O)cc1OCC. The molecule has 0 bridgehead atoms. The maximum absolute atomic E-state index is 12.1. The van der Waals surface area contributed by atoms with Crippen LogP contribution in [0.25, 0.3) is 0 Å². The molecule has 0 aliphatic heterocycles. The van der Waals surface area contributed by atoms with Crippen molar-refractivity contribution in [1.82, 2.24) is 5.32 Å². The Hall–Kier alpha value is -3.22. The quantitative estimate of drug-likeness (QED) is 0.605. The molecule has 7 heteroatoms. The minimum atomic E-state index is -0.237. The molecular weight excluding hydrogens is 372 g/mol. The van der Waals surface area contributed by atoms with Gasteiger partial charge in [-0.05, 0) is 50.1 Å². The summed E-state index contributed by atoms with van der Waals surface area (Å²) in [6.45, 7) is 6.72. The van der Waals surface area contributed by atoms with Crippen LogP contribution in [-0.4, -0.2) is 38.2 Å². The van der Waals surface area contributed by atoms with Crippen LogP contribution in [0.5, 0.6) is 17.2 Å². The first-order valence-corrected chi connectivity index (χ1v) is 9.68. The van der Waals surface area contributed by atoms with Gasteiger partial charge < -0.3 is 24.8 Å². The largest absolute Gasteiger partial charge is 0.490 e. The van der Waals surface area contributed by atoms with E-state index >= 15 is 0 Å². The molecule has 0 aliphatic rings. The number of amides is 2. The van der Waals surface area contributed by atoms with Crippen molar-refractivity contribution in [2.45, 2.75) is 27.2 Å². The summed E-state index contributed by atoms with van der Waals surface area (Å²) in [5.41, 5.74) is 1.57. The maximum Gasteiger partial charge on any atom is 0.257 e. The van der Waals surface area contributed by atoms with Gasteiger partial charge in [0.15, 0.2) is 18.1 Å². The predicted octanol–water partition coefficient (Wildman–Crippen LogP) is 3.18. The second-order valence-corrected chi connectivity index (χ2v) is 6.21. The van der Waals surface area contributed by atoms with Crippen LogP contribution in [0, 0.1) is 0 Å². The van der Waals surface area contributed by atoms with E-state index in [1.165, 1.54) is 6.92 Å². The van der Waals surface area contributed by atoms with Gasteiger partial charge in [0.2, 0.25) is 5.91 Å². The number of carbonyl (C=O) groups excluding carboxylic acids is 2. The van der Waals surface area contributed by atoms with E-state index in [1.54, 1.807) is 24.3 Å². The number of benzene rings is 2. The molecule has 0 atom stereocenters. The molecule has 7 nitrogen and oxygen atoms in total. The third-order valence-corrected chi connectivity index (χ3v) is 3.90. The lowest BCUT2D eigenvalue weighted by Gasteiger charge is -2.13. The van der Waals surface area contributed by atoms with Gasteiger partial charge in [-0.15, -0.1) is 0 Å². The number of carbonyl (C=O) groups is 2. The van der Waals surface area contributed by atoms with E-state index in [9.17, 15) is 9.59 Å². The fraction of sp³-hybridized carbons (Fsp3) is 0.364. The molecule has 29 heavy (non-hydrogen) atoms. The molecule has 0 aromatic heterocycles. The van der Waals surface area contributed by atoms with Crippen LogP contribution in [0.3, 0.4) is 0 Å². The van der Waals surface area contributed by atoms with Gasteiger partial charge in [-0.1, -0.05) is 18.2 Å². The van der Waals surface area contributed by atoms with E-state index in [1.807, 2.05) is 32.0 Å². The Morgan fingerprint density at radius 3 is 2.34 bits per heavy atom. The lowest BCUT2D eigenvalue weighted by molar-refractivity contribution is -0.123. The minimum Gasteiger partial charge on any atom is -0.490 e. The van der Waals surface area contributed by atoms with Crippen LogP contribution in [0.15, 0.2) is 42.5 Å². The van der Waals surface area contributed by atoms with Crippen LogP contribution in [-0.2, 0) is 16.0 Å². The topological polar surface area (TPSA) is 85.9 Å². The summed E-state index contributed by atoms with van der Waals surface area (Å²) in [6.07, 6.45) is 0.653. The molecule has 156 valence electrons. The second-order valence-electron chi connectivity index (χ2n) is 6.21. The number of para-hydroxylation sites is 2. The van der Waals surface area contributed by atoms with E-state index in [4.69, 9.17) is 14.2 Å². The molecule has 2 aromatic carbocycles. The molecule has 0 saturated carbocycles. The summed E-state index contributed by atoms with van der Waals surface area (Å²) in [4.78, 5) is 23.3. The number of ether oxygens (including phenoxy) is 3. The molecule has 2 N–H and O–H groups in total. The molecule has 0 heterocycles. The van der Waals surface area contributed by atoms with Crippen molar-refractivity contribution in [2.24, 2.45) is 0 Å². The van der Waals surface area contributed by atoms with E-state index in [0.29, 0.717) is 49.1 Å². The second kappa shape index (κ2) is 11.6. The van der Waals surface area contributed by atoms with Crippen molar-refractivity contribution >= 4 is 17.5 Å². The number of hydrogen-bond donors (Lipinski definition) is 2. The first kappa shape index (κ1) is 22.1. The van der Waals surface area contributed by atoms with Crippen LogP contribution in [0.1, 0.15) is 26.3 Å². The monoisotopic (exact) mass is 400 g/mol. The maximum atomic E-state index is 12.1. The number of anilines is 1. The van der Waals surface area contributed by atoms with Crippen molar-refractivity contribution < 1.29 is 23.8 Å². The lowest BCUT2D eigenvalue weighted by atomic mass is 10.1. The first-order chi connectivity index (χ1) is 14.0. The molecule has 0 spiro atoms. The Balaban J connectivity index is 1.83. The lowest BCUT2D eigenvalue weighted by Crippen LogP contribution is -2.30. The molecule has 2 aromatic rings. The molecule has 0 saturated heterocycles. The van der Waals surface area contributed by atoms with Gasteiger partial charge in [-0.25, -0.2) is 0 Å². The Morgan fingerprint density at radius 1 is 0.897 bits per heavy atom. The van der Waals surface area contributed by atoms with Crippen molar-refractivity contribution in [3.05, 3.63) is 48.0 Å². The Morgan fingerprint density at radius 2 is 1.62 bits per heavy atom. The zero-order chi connectivity index (χ0) is 21.1. The minimum absolute atomic E-state index is 0.135. The number of nitrogens with one attached hydrogen (secondary N) is 2. The average molecular weight is 400 g/mol. The van der Waals surface area contributed by atoms with E-state index in [-0.39, 0.29) is 18.4 Å². The molecule has 0 aliphatic carbocycles. The molecule has 2 rings (SSSR count). The molecule has 2 amide bonds. The molecular formula is C22H28N2O5. The summed E-state index contributed by atoms with van der Waals surface area (Å²) in [5, 5.41) is 5.50. The van der Waals surface area contributed by atoms with Gasteiger partial charge in [0.05, 0.1) is 18.9 Å². The van der Waals surface area contributed by atoms with Gasteiger partial charge in [0.25, 0.3) is 5.91 Å². The third-order valence-electron chi connectivity index (χ3n) is 3.90. The highest BCUT2D eigenvalue weighted by Crippen LogP contribution is 2.28. The molecule has 0 radical (unpaired) electrons. The highest BCUT2D eigenvalue weighted by atomic mass is 16.5.